The number of aromatic nitrogens is 1. The number of amides is 2. The van der Waals surface area contributed by atoms with E-state index >= 15 is 0 Å². The predicted molar refractivity (Wildman–Crippen MR) is 93.2 cm³/mol. The molecule has 1 aromatic carbocycles. The molecule has 0 bridgehead atoms. The molecule has 0 saturated carbocycles. The fourth-order valence-corrected chi connectivity index (χ4v) is 2.13. The van der Waals surface area contributed by atoms with Crippen molar-refractivity contribution in [3.63, 3.8) is 0 Å². The SMILES string of the molecule is CC(C)(C(=O)NCc1ccc(Cl)cc1)C(=O)NCc1ccccn1. The van der Waals surface area contributed by atoms with Gasteiger partial charge in [0, 0.05) is 17.8 Å². The first-order valence-electron chi connectivity index (χ1n) is 7.60. The van der Waals surface area contributed by atoms with Crippen LogP contribution < -0.4 is 10.6 Å². The van der Waals surface area contributed by atoms with Gasteiger partial charge in [-0.3, -0.25) is 14.6 Å². The van der Waals surface area contributed by atoms with Gasteiger partial charge in [-0.1, -0.05) is 29.8 Å². The Morgan fingerprint density at radius 3 is 2.21 bits per heavy atom. The highest BCUT2D eigenvalue weighted by atomic mass is 35.5. The summed E-state index contributed by atoms with van der Waals surface area (Å²) in [5.41, 5.74) is 0.474. The van der Waals surface area contributed by atoms with Gasteiger partial charge in [0.15, 0.2) is 0 Å². The van der Waals surface area contributed by atoms with E-state index in [1.165, 1.54) is 0 Å². The molecule has 2 N–H and O–H groups in total. The summed E-state index contributed by atoms with van der Waals surface area (Å²) < 4.78 is 0. The van der Waals surface area contributed by atoms with Gasteiger partial charge in [-0.25, -0.2) is 0 Å². The number of halogens is 1. The number of rotatable bonds is 6. The van der Waals surface area contributed by atoms with Crippen molar-refractivity contribution in [1.29, 1.82) is 0 Å². The number of nitrogens with one attached hydrogen (secondary N) is 2. The zero-order valence-corrected chi connectivity index (χ0v) is 14.4. The second-order valence-electron chi connectivity index (χ2n) is 5.94. The first kappa shape index (κ1) is 17.9. The second-order valence-corrected chi connectivity index (χ2v) is 6.37. The molecule has 6 heteroatoms. The van der Waals surface area contributed by atoms with Gasteiger partial charge in [-0.2, -0.15) is 0 Å². The number of benzene rings is 1. The fourth-order valence-electron chi connectivity index (χ4n) is 2.00. The molecule has 0 atom stereocenters. The van der Waals surface area contributed by atoms with Crippen molar-refractivity contribution < 1.29 is 9.59 Å². The largest absolute Gasteiger partial charge is 0.351 e. The van der Waals surface area contributed by atoms with Gasteiger partial charge >= 0.3 is 0 Å². The molecule has 2 amide bonds. The minimum atomic E-state index is -1.18. The third-order valence-electron chi connectivity index (χ3n) is 3.66. The molecule has 0 fully saturated rings. The second kappa shape index (κ2) is 7.93. The lowest BCUT2D eigenvalue weighted by Crippen LogP contribution is -2.47. The van der Waals surface area contributed by atoms with Gasteiger partial charge in [0.1, 0.15) is 5.41 Å². The maximum atomic E-state index is 12.3. The quantitative estimate of drug-likeness (QED) is 0.791. The Bertz CT molecular complexity index is 700. The standard InChI is InChI=1S/C18H20ClN3O2/c1-18(2,17(24)22-12-15-5-3-4-10-20-15)16(23)21-11-13-6-8-14(19)9-7-13/h3-10H,11-12H2,1-2H3,(H,21,23)(H,22,24). The average Bonchev–Trinajstić information content (AvgIpc) is 2.59. The number of hydrogen-bond donors (Lipinski definition) is 2. The Hall–Kier alpha value is -2.40. The van der Waals surface area contributed by atoms with Gasteiger partial charge in [0.05, 0.1) is 12.2 Å². The molecular weight excluding hydrogens is 326 g/mol. The van der Waals surface area contributed by atoms with Crippen molar-refractivity contribution in [1.82, 2.24) is 15.6 Å². The zero-order chi connectivity index (χ0) is 17.6. The van der Waals surface area contributed by atoms with Crippen molar-refractivity contribution in [2.75, 3.05) is 0 Å². The van der Waals surface area contributed by atoms with Crippen LogP contribution in [0.3, 0.4) is 0 Å². The van der Waals surface area contributed by atoms with E-state index in [9.17, 15) is 9.59 Å². The monoisotopic (exact) mass is 345 g/mol. The van der Waals surface area contributed by atoms with Gasteiger partial charge in [-0.05, 0) is 43.7 Å². The lowest BCUT2D eigenvalue weighted by molar-refractivity contribution is -0.141. The molecule has 126 valence electrons. The number of carbonyl (C=O) groups is 2. The fraction of sp³-hybridized carbons (Fsp3) is 0.278. The Labute approximate surface area is 146 Å². The maximum absolute atomic E-state index is 12.3. The molecule has 24 heavy (non-hydrogen) atoms. The summed E-state index contributed by atoms with van der Waals surface area (Å²) in [4.78, 5) is 28.8. The van der Waals surface area contributed by atoms with Crippen molar-refractivity contribution in [2.24, 2.45) is 5.41 Å². The van der Waals surface area contributed by atoms with E-state index in [-0.39, 0.29) is 18.4 Å². The molecule has 0 aliphatic rings. The molecule has 0 aliphatic heterocycles. The van der Waals surface area contributed by atoms with Crippen LogP contribution in [0, 0.1) is 5.41 Å². The molecule has 0 saturated heterocycles. The zero-order valence-electron chi connectivity index (χ0n) is 13.7. The Morgan fingerprint density at radius 2 is 1.62 bits per heavy atom. The molecule has 2 rings (SSSR count). The Kier molecular flexibility index (Phi) is 5.93. The molecule has 0 unspecified atom stereocenters. The summed E-state index contributed by atoms with van der Waals surface area (Å²) in [6.45, 7) is 3.82. The normalized spacial score (nSPS) is 11.0. The van der Waals surface area contributed by atoms with E-state index < -0.39 is 5.41 Å². The summed E-state index contributed by atoms with van der Waals surface area (Å²) in [5.74, 6) is -0.683. The maximum Gasteiger partial charge on any atom is 0.235 e. The molecule has 1 heterocycles. The molecule has 0 radical (unpaired) electrons. The topological polar surface area (TPSA) is 71.1 Å². The number of pyridine rings is 1. The molecule has 0 spiro atoms. The minimum Gasteiger partial charge on any atom is -0.351 e. The van der Waals surface area contributed by atoms with Crippen LogP contribution in [0.5, 0.6) is 0 Å². The van der Waals surface area contributed by atoms with Crippen molar-refractivity contribution in [2.45, 2.75) is 26.9 Å². The van der Waals surface area contributed by atoms with Crippen LogP contribution in [0.25, 0.3) is 0 Å². The highest BCUT2D eigenvalue weighted by Crippen LogP contribution is 2.16. The predicted octanol–water partition coefficient (Wildman–Crippen LogP) is 2.69. The van der Waals surface area contributed by atoms with E-state index in [0.717, 1.165) is 11.3 Å². The number of carbonyl (C=O) groups excluding carboxylic acids is 2. The van der Waals surface area contributed by atoms with Gasteiger partial charge < -0.3 is 10.6 Å². The van der Waals surface area contributed by atoms with Crippen LogP contribution in [0.15, 0.2) is 48.7 Å². The lowest BCUT2D eigenvalue weighted by atomic mass is 9.91. The number of hydrogen-bond acceptors (Lipinski definition) is 3. The summed E-state index contributed by atoms with van der Waals surface area (Å²) in [6, 6.07) is 12.6. The van der Waals surface area contributed by atoms with Crippen LogP contribution in [-0.2, 0) is 22.7 Å². The Morgan fingerprint density at radius 1 is 1.00 bits per heavy atom. The highest BCUT2D eigenvalue weighted by molar-refractivity contribution is 6.30. The molecule has 1 aromatic heterocycles. The van der Waals surface area contributed by atoms with Crippen LogP contribution in [-0.4, -0.2) is 16.8 Å². The molecule has 5 nitrogen and oxygen atoms in total. The van der Waals surface area contributed by atoms with Gasteiger partial charge in [-0.15, -0.1) is 0 Å². The lowest BCUT2D eigenvalue weighted by Gasteiger charge is -2.22. The van der Waals surface area contributed by atoms with E-state index in [1.807, 2.05) is 24.3 Å². The smallest absolute Gasteiger partial charge is 0.235 e. The first-order chi connectivity index (χ1) is 11.4. The average molecular weight is 346 g/mol. The van der Waals surface area contributed by atoms with Crippen LogP contribution in [0.2, 0.25) is 5.02 Å². The molecule has 2 aromatic rings. The summed E-state index contributed by atoms with van der Waals surface area (Å²) in [6.07, 6.45) is 1.66. The Balaban J connectivity index is 1.88. The van der Waals surface area contributed by atoms with Crippen LogP contribution >= 0.6 is 11.6 Å². The van der Waals surface area contributed by atoms with E-state index in [2.05, 4.69) is 15.6 Å². The molecular formula is C18H20ClN3O2. The third-order valence-corrected chi connectivity index (χ3v) is 3.91. The van der Waals surface area contributed by atoms with E-state index in [4.69, 9.17) is 11.6 Å². The first-order valence-corrected chi connectivity index (χ1v) is 7.98. The summed E-state index contributed by atoms with van der Waals surface area (Å²) in [7, 11) is 0. The summed E-state index contributed by atoms with van der Waals surface area (Å²) >= 11 is 5.83. The van der Waals surface area contributed by atoms with Crippen molar-refractivity contribution in [3.05, 3.63) is 64.9 Å². The van der Waals surface area contributed by atoms with Crippen molar-refractivity contribution >= 4 is 23.4 Å². The van der Waals surface area contributed by atoms with Gasteiger partial charge in [0.2, 0.25) is 11.8 Å². The number of nitrogens with zero attached hydrogens (tertiary/aromatic N) is 1. The van der Waals surface area contributed by atoms with Crippen LogP contribution in [0.4, 0.5) is 0 Å². The highest BCUT2D eigenvalue weighted by Gasteiger charge is 2.35. The minimum absolute atomic E-state index is 0.285. The van der Waals surface area contributed by atoms with E-state index in [1.54, 1.807) is 38.2 Å². The molecule has 0 aliphatic carbocycles. The summed E-state index contributed by atoms with van der Waals surface area (Å²) in [5, 5.41) is 6.16. The van der Waals surface area contributed by atoms with Gasteiger partial charge in [0.25, 0.3) is 0 Å². The van der Waals surface area contributed by atoms with Crippen LogP contribution in [0.1, 0.15) is 25.1 Å². The van der Waals surface area contributed by atoms with Crippen molar-refractivity contribution in [3.8, 4) is 0 Å². The third kappa shape index (κ3) is 4.80. The van der Waals surface area contributed by atoms with E-state index in [0.29, 0.717) is 11.6 Å².